The molecule has 19 heavy (non-hydrogen) atoms. The van der Waals surface area contributed by atoms with Gasteiger partial charge in [0.25, 0.3) is 0 Å². The van der Waals surface area contributed by atoms with E-state index in [1.54, 1.807) is 42.6 Å². The lowest BCUT2D eigenvalue weighted by Gasteiger charge is -2.04. The molecule has 1 N–H and O–H groups in total. The minimum Gasteiger partial charge on any atom is -0.478 e. The van der Waals surface area contributed by atoms with Crippen molar-refractivity contribution < 1.29 is 9.90 Å². The van der Waals surface area contributed by atoms with Crippen molar-refractivity contribution in [2.45, 2.75) is 6.92 Å². The first-order valence-corrected chi connectivity index (χ1v) is 6.08. The molecule has 0 amide bonds. The third-order valence-corrected chi connectivity index (χ3v) is 3.00. The Morgan fingerprint density at radius 3 is 2.58 bits per heavy atom. The van der Waals surface area contributed by atoms with E-state index in [0.717, 1.165) is 5.69 Å². The molecule has 1 aromatic heterocycles. The fraction of sp³-hybridized carbons (Fsp3) is 0.0667. The summed E-state index contributed by atoms with van der Waals surface area (Å²) < 4.78 is 0. The van der Waals surface area contributed by atoms with Gasteiger partial charge < -0.3 is 5.11 Å². The molecule has 0 aliphatic carbocycles. The highest BCUT2D eigenvalue weighted by Crippen LogP contribution is 2.23. The number of nitrogens with zero attached hydrogens (tertiary/aromatic N) is 1. The number of benzene rings is 1. The van der Waals surface area contributed by atoms with Gasteiger partial charge in [-0.2, -0.15) is 0 Å². The maximum atomic E-state index is 11.4. The Kier molecular flexibility index (Phi) is 3.97. The zero-order valence-corrected chi connectivity index (χ0v) is 11.1. The Labute approximate surface area is 116 Å². The molecular weight excluding hydrogens is 262 g/mol. The lowest BCUT2D eigenvalue weighted by atomic mass is 10.0. The van der Waals surface area contributed by atoms with Gasteiger partial charge in [0, 0.05) is 22.5 Å². The minimum absolute atomic E-state index is 0.167. The molecule has 0 bridgehead atoms. The SMILES string of the molecule is Cc1ccc(/C(=C\c2ccccc2Cl)C(=O)O)cn1. The third kappa shape index (κ3) is 3.20. The predicted molar refractivity (Wildman–Crippen MR) is 75.9 cm³/mol. The van der Waals surface area contributed by atoms with Crippen LogP contribution in [0.15, 0.2) is 42.6 Å². The summed E-state index contributed by atoms with van der Waals surface area (Å²) in [5.74, 6) is -1.01. The number of halogens is 1. The van der Waals surface area contributed by atoms with Crippen LogP contribution < -0.4 is 0 Å². The molecule has 0 fully saturated rings. The summed E-state index contributed by atoms with van der Waals surface area (Å²) in [6.07, 6.45) is 3.10. The van der Waals surface area contributed by atoms with E-state index in [9.17, 15) is 9.90 Å². The smallest absolute Gasteiger partial charge is 0.336 e. The van der Waals surface area contributed by atoms with E-state index in [1.807, 2.05) is 13.0 Å². The van der Waals surface area contributed by atoms with Gasteiger partial charge in [-0.25, -0.2) is 4.79 Å². The minimum atomic E-state index is -1.01. The van der Waals surface area contributed by atoms with Crippen LogP contribution in [0.25, 0.3) is 11.6 Å². The molecule has 1 heterocycles. The molecule has 0 unspecified atom stereocenters. The van der Waals surface area contributed by atoms with Gasteiger partial charge in [0.15, 0.2) is 0 Å². The molecule has 2 rings (SSSR count). The fourth-order valence-corrected chi connectivity index (χ4v) is 1.83. The van der Waals surface area contributed by atoms with Crippen LogP contribution in [-0.4, -0.2) is 16.1 Å². The summed E-state index contributed by atoms with van der Waals surface area (Å²) in [5, 5.41) is 9.82. The number of aryl methyl sites for hydroxylation is 1. The Hall–Kier alpha value is -2.13. The van der Waals surface area contributed by atoms with Gasteiger partial charge in [0.1, 0.15) is 0 Å². The molecule has 0 atom stereocenters. The van der Waals surface area contributed by atoms with E-state index in [-0.39, 0.29) is 5.57 Å². The van der Waals surface area contributed by atoms with Crippen molar-refractivity contribution in [2.75, 3.05) is 0 Å². The lowest BCUT2D eigenvalue weighted by molar-refractivity contribution is -0.130. The second-order valence-electron chi connectivity index (χ2n) is 4.07. The monoisotopic (exact) mass is 273 g/mol. The van der Waals surface area contributed by atoms with Crippen molar-refractivity contribution in [3.63, 3.8) is 0 Å². The first-order valence-electron chi connectivity index (χ1n) is 5.70. The zero-order valence-electron chi connectivity index (χ0n) is 10.3. The maximum Gasteiger partial charge on any atom is 0.336 e. The van der Waals surface area contributed by atoms with E-state index < -0.39 is 5.97 Å². The summed E-state index contributed by atoms with van der Waals surface area (Å²) in [7, 11) is 0. The maximum absolute atomic E-state index is 11.4. The fourth-order valence-electron chi connectivity index (χ4n) is 1.64. The number of rotatable bonds is 3. The summed E-state index contributed by atoms with van der Waals surface area (Å²) in [6, 6.07) is 10.6. The van der Waals surface area contributed by atoms with Crippen LogP contribution in [0.2, 0.25) is 5.02 Å². The molecule has 96 valence electrons. The average molecular weight is 274 g/mol. The average Bonchev–Trinajstić information content (AvgIpc) is 2.39. The van der Waals surface area contributed by atoms with Crippen molar-refractivity contribution >= 4 is 29.2 Å². The van der Waals surface area contributed by atoms with Crippen molar-refractivity contribution in [2.24, 2.45) is 0 Å². The van der Waals surface area contributed by atoms with Gasteiger partial charge in [0.2, 0.25) is 0 Å². The van der Waals surface area contributed by atoms with Crippen LogP contribution in [-0.2, 0) is 4.79 Å². The molecule has 0 aliphatic heterocycles. The second kappa shape index (κ2) is 5.67. The normalized spacial score (nSPS) is 11.4. The molecular formula is C15H12ClNO2. The predicted octanol–water partition coefficient (Wildman–Crippen LogP) is 3.67. The van der Waals surface area contributed by atoms with Crippen LogP contribution in [0, 0.1) is 6.92 Å². The molecule has 0 spiro atoms. The third-order valence-electron chi connectivity index (χ3n) is 2.66. The highest BCUT2D eigenvalue weighted by atomic mass is 35.5. The highest BCUT2D eigenvalue weighted by molar-refractivity contribution is 6.33. The summed E-state index contributed by atoms with van der Waals surface area (Å²) >= 11 is 6.03. The van der Waals surface area contributed by atoms with Gasteiger partial charge in [0.05, 0.1) is 5.57 Å². The van der Waals surface area contributed by atoms with Crippen molar-refractivity contribution in [1.82, 2.24) is 4.98 Å². The molecule has 2 aromatic rings. The first-order chi connectivity index (χ1) is 9.08. The molecule has 0 saturated heterocycles. The lowest BCUT2D eigenvalue weighted by Crippen LogP contribution is -2.00. The van der Waals surface area contributed by atoms with Crippen LogP contribution in [0.5, 0.6) is 0 Å². The Bertz CT molecular complexity index is 633. The number of aliphatic carboxylic acids is 1. The van der Waals surface area contributed by atoms with Crippen molar-refractivity contribution in [1.29, 1.82) is 0 Å². The summed E-state index contributed by atoms with van der Waals surface area (Å²) in [6.45, 7) is 1.85. The van der Waals surface area contributed by atoms with Crippen LogP contribution in [0.1, 0.15) is 16.8 Å². The highest BCUT2D eigenvalue weighted by Gasteiger charge is 2.11. The number of carboxylic acids is 1. The number of aromatic nitrogens is 1. The summed E-state index contributed by atoms with van der Waals surface area (Å²) in [4.78, 5) is 15.5. The zero-order chi connectivity index (χ0) is 13.8. The van der Waals surface area contributed by atoms with E-state index in [1.165, 1.54) is 0 Å². The van der Waals surface area contributed by atoms with Gasteiger partial charge in [-0.3, -0.25) is 4.98 Å². The molecule has 0 radical (unpaired) electrons. The number of carboxylic acid groups (broad SMARTS) is 1. The first kappa shape index (κ1) is 13.3. The van der Waals surface area contributed by atoms with Gasteiger partial charge in [-0.05, 0) is 30.7 Å². The topological polar surface area (TPSA) is 50.2 Å². The number of pyridine rings is 1. The molecule has 3 nitrogen and oxygen atoms in total. The largest absolute Gasteiger partial charge is 0.478 e. The van der Waals surface area contributed by atoms with E-state index in [0.29, 0.717) is 16.1 Å². The molecule has 4 heteroatoms. The van der Waals surface area contributed by atoms with E-state index in [2.05, 4.69) is 4.98 Å². The molecule has 0 aliphatic rings. The van der Waals surface area contributed by atoms with Crippen LogP contribution >= 0.6 is 11.6 Å². The number of hydrogen-bond acceptors (Lipinski definition) is 2. The Morgan fingerprint density at radius 1 is 1.26 bits per heavy atom. The van der Waals surface area contributed by atoms with Gasteiger partial charge in [-0.15, -0.1) is 0 Å². The number of carbonyl (C=O) groups is 1. The van der Waals surface area contributed by atoms with Crippen molar-refractivity contribution in [3.8, 4) is 0 Å². The second-order valence-corrected chi connectivity index (χ2v) is 4.48. The Balaban J connectivity index is 2.50. The quantitative estimate of drug-likeness (QED) is 0.868. The molecule has 1 aromatic carbocycles. The van der Waals surface area contributed by atoms with Crippen molar-refractivity contribution in [3.05, 3.63) is 64.4 Å². The van der Waals surface area contributed by atoms with Gasteiger partial charge >= 0.3 is 5.97 Å². The van der Waals surface area contributed by atoms with Crippen LogP contribution in [0.4, 0.5) is 0 Å². The van der Waals surface area contributed by atoms with E-state index in [4.69, 9.17) is 11.6 Å². The standard InChI is InChI=1S/C15H12ClNO2/c1-10-6-7-12(9-17-10)13(15(18)19)8-11-4-2-3-5-14(11)16/h2-9H,1H3,(H,18,19)/b13-8+. The number of hydrogen-bond donors (Lipinski definition) is 1. The Morgan fingerprint density at radius 2 is 2.00 bits per heavy atom. The summed E-state index contributed by atoms with van der Waals surface area (Å²) in [5.41, 5.74) is 2.23. The molecule has 0 saturated carbocycles. The van der Waals surface area contributed by atoms with E-state index >= 15 is 0 Å². The van der Waals surface area contributed by atoms with Crippen LogP contribution in [0.3, 0.4) is 0 Å². The van der Waals surface area contributed by atoms with Gasteiger partial charge in [-0.1, -0.05) is 35.9 Å².